The molecule has 3 aromatic rings. The molecule has 1 aliphatic rings. The Morgan fingerprint density at radius 3 is 2.62 bits per heavy atom. The molecule has 0 fully saturated rings. The largest absolute Gasteiger partial charge is 0.493 e. The number of anilines is 2. The van der Waals surface area contributed by atoms with Crippen LogP contribution in [0, 0.1) is 5.82 Å². The van der Waals surface area contributed by atoms with Gasteiger partial charge >= 0.3 is 0 Å². The average Bonchev–Trinajstić information content (AvgIpc) is 3.29. The number of hydrogen-bond donors (Lipinski definition) is 2. The maximum atomic E-state index is 13.9. The number of aromatic nitrogens is 2. The van der Waals surface area contributed by atoms with Gasteiger partial charge in [-0.3, -0.25) is 9.59 Å². The first-order chi connectivity index (χ1) is 15.5. The van der Waals surface area contributed by atoms with Gasteiger partial charge in [-0.05, 0) is 36.2 Å². The Morgan fingerprint density at radius 2 is 1.94 bits per heavy atom. The Balaban J connectivity index is 1.65. The van der Waals surface area contributed by atoms with Gasteiger partial charge in [0.15, 0.2) is 11.5 Å². The number of para-hydroxylation sites is 1. The highest BCUT2D eigenvalue weighted by Crippen LogP contribution is 2.41. The topological polar surface area (TPSA) is 94.5 Å². The summed E-state index contributed by atoms with van der Waals surface area (Å²) in [6.07, 6.45) is 0.442. The van der Waals surface area contributed by atoms with E-state index in [1.54, 1.807) is 26.4 Å². The number of amides is 2. The number of fused-ring (bicyclic) bond motifs is 1. The molecule has 0 bridgehead atoms. The van der Waals surface area contributed by atoms with E-state index in [1.165, 1.54) is 22.9 Å². The molecule has 0 aliphatic carbocycles. The summed E-state index contributed by atoms with van der Waals surface area (Å²) in [5.41, 5.74) is 2.40. The Hall–Kier alpha value is -3.88. The third kappa shape index (κ3) is 3.77. The maximum absolute atomic E-state index is 13.9. The molecule has 2 aromatic carbocycles. The molecule has 0 saturated heterocycles. The number of benzene rings is 2. The van der Waals surface area contributed by atoms with Crippen molar-refractivity contribution in [1.82, 2.24) is 9.78 Å². The van der Waals surface area contributed by atoms with Gasteiger partial charge in [0.2, 0.25) is 5.91 Å². The van der Waals surface area contributed by atoms with Crippen LogP contribution in [0.4, 0.5) is 15.9 Å². The molecule has 2 heterocycles. The van der Waals surface area contributed by atoms with Crippen LogP contribution in [-0.4, -0.2) is 35.8 Å². The van der Waals surface area contributed by atoms with Crippen LogP contribution in [0.15, 0.2) is 42.5 Å². The van der Waals surface area contributed by atoms with Crippen molar-refractivity contribution in [1.29, 1.82) is 0 Å². The minimum Gasteiger partial charge on any atom is -0.493 e. The number of aryl methyl sites for hydroxylation is 1. The summed E-state index contributed by atoms with van der Waals surface area (Å²) < 4.78 is 26.1. The van der Waals surface area contributed by atoms with Crippen LogP contribution in [0.3, 0.4) is 0 Å². The first kappa shape index (κ1) is 21.4. The van der Waals surface area contributed by atoms with Crippen LogP contribution >= 0.6 is 0 Å². The Bertz CT molecular complexity index is 1190. The van der Waals surface area contributed by atoms with E-state index in [4.69, 9.17) is 9.47 Å². The van der Waals surface area contributed by atoms with E-state index in [2.05, 4.69) is 15.7 Å². The van der Waals surface area contributed by atoms with Crippen LogP contribution in [0.1, 0.15) is 25.1 Å². The van der Waals surface area contributed by atoms with Crippen molar-refractivity contribution in [3.63, 3.8) is 0 Å². The molecular formula is C23H23FN4O4. The monoisotopic (exact) mass is 438 g/mol. The predicted octanol–water partition coefficient (Wildman–Crippen LogP) is 3.79. The molecule has 8 nitrogen and oxygen atoms in total. The molecule has 0 saturated carbocycles. The fourth-order valence-corrected chi connectivity index (χ4v) is 3.80. The lowest BCUT2D eigenvalue weighted by Gasteiger charge is -2.11. The maximum Gasteiger partial charge on any atom is 0.251 e. The number of methoxy groups -OCH3 is 2. The third-order valence-electron chi connectivity index (χ3n) is 5.36. The smallest absolute Gasteiger partial charge is 0.251 e. The fourth-order valence-electron chi connectivity index (χ4n) is 3.80. The second-order valence-corrected chi connectivity index (χ2v) is 7.28. The van der Waals surface area contributed by atoms with Gasteiger partial charge in [0.25, 0.3) is 5.91 Å². The van der Waals surface area contributed by atoms with Crippen molar-refractivity contribution in [2.75, 3.05) is 24.9 Å². The Kier molecular flexibility index (Phi) is 5.81. The van der Waals surface area contributed by atoms with Gasteiger partial charge in [-0.15, -0.1) is 0 Å². The van der Waals surface area contributed by atoms with Crippen LogP contribution in [0.5, 0.6) is 11.5 Å². The van der Waals surface area contributed by atoms with Crippen molar-refractivity contribution < 1.29 is 23.5 Å². The lowest BCUT2D eigenvalue weighted by atomic mass is 10.0. The number of rotatable bonds is 7. The summed E-state index contributed by atoms with van der Waals surface area (Å²) in [4.78, 5) is 25.2. The first-order valence-corrected chi connectivity index (χ1v) is 10.2. The lowest BCUT2D eigenvalue weighted by Crippen LogP contribution is -2.24. The highest BCUT2D eigenvalue weighted by Gasteiger charge is 2.37. The first-order valence-electron chi connectivity index (χ1n) is 10.2. The normalized spacial score (nSPS) is 14.6. The van der Waals surface area contributed by atoms with E-state index in [9.17, 15) is 14.0 Å². The number of nitrogens with one attached hydrogen (secondary N) is 2. The number of carbonyl (C=O) groups excluding carboxylic acids is 2. The van der Waals surface area contributed by atoms with Crippen molar-refractivity contribution in [3.8, 4) is 22.6 Å². The zero-order valence-corrected chi connectivity index (χ0v) is 17.9. The molecule has 0 spiro atoms. The molecule has 2 N–H and O–H groups in total. The summed E-state index contributed by atoms with van der Waals surface area (Å²) in [6, 6.07) is 10.5. The van der Waals surface area contributed by atoms with Crippen LogP contribution in [0.25, 0.3) is 11.1 Å². The minimum absolute atomic E-state index is 0.0665. The summed E-state index contributed by atoms with van der Waals surface area (Å²) in [7, 11) is 3.11. The predicted molar refractivity (Wildman–Crippen MR) is 117 cm³/mol. The summed E-state index contributed by atoms with van der Waals surface area (Å²) >= 11 is 0. The van der Waals surface area contributed by atoms with Gasteiger partial charge in [-0.1, -0.05) is 25.1 Å². The van der Waals surface area contributed by atoms with Gasteiger partial charge in [-0.2, -0.15) is 5.10 Å². The molecule has 4 rings (SSSR count). The molecule has 1 aromatic heterocycles. The van der Waals surface area contributed by atoms with Gasteiger partial charge in [0, 0.05) is 5.56 Å². The lowest BCUT2D eigenvalue weighted by molar-refractivity contribution is -0.123. The van der Waals surface area contributed by atoms with Gasteiger partial charge < -0.3 is 20.1 Å². The Morgan fingerprint density at radius 1 is 1.19 bits per heavy atom. The van der Waals surface area contributed by atoms with Crippen molar-refractivity contribution in [3.05, 3.63) is 54.0 Å². The highest BCUT2D eigenvalue weighted by molar-refractivity contribution is 6.04. The molecule has 2 amide bonds. The molecule has 1 atom stereocenters. The number of nitrogens with zero attached hydrogens (tertiary/aromatic N) is 2. The molecule has 9 heteroatoms. The standard InChI is InChI=1S/C23H23FN4O4/c1-4-15-21(13-9-10-18(31-2)19(11-13)32-3)22-26-23(30)17(28(22)27-15)12-20(29)25-16-8-6-5-7-14(16)24/h5-11,17H,4,12H2,1-3H3,(H,25,29)(H,26,30). The SMILES string of the molecule is CCc1nn2c(c1-c1ccc(OC)c(OC)c1)NC(=O)C2CC(=O)Nc1ccccc1F. The molecule has 1 aliphatic heterocycles. The van der Waals surface area contributed by atoms with Crippen molar-refractivity contribution in [2.24, 2.45) is 0 Å². The summed E-state index contributed by atoms with van der Waals surface area (Å²) in [6.45, 7) is 1.96. The number of ether oxygens (including phenoxy) is 2. The molecule has 0 radical (unpaired) electrons. The van der Waals surface area contributed by atoms with Gasteiger partial charge in [0.05, 0.1) is 32.0 Å². The molecule has 32 heavy (non-hydrogen) atoms. The number of halogens is 1. The van der Waals surface area contributed by atoms with Crippen LogP contribution in [0.2, 0.25) is 0 Å². The number of carbonyl (C=O) groups is 2. The molecule has 1 unspecified atom stereocenters. The van der Waals surface area contributed by atoms with Gasteiger partial charge in [-0.25, -0.2) is 9.07 Å². The van der Waals surface area contributed by atoms with E-state index in [1.807, 2.05) is 19.1 Å². The van der Waals surface area contributed by atoms with E-state index >= 15 is 0 Å². The van der Waals surface area contributed by atoms with Crippen molar-refractivity contribution >= 4 is 23.3 Å². The van der Waals surface area contributed by atoms with Gasteiger partial charge in [0.1, 0.15) is 17.7 Å². The summed E-state index contributed by atoms with van der Waals surface area (Å²) in [5.74, 6) is 0.287. The quantitative estimate of drug-likeness (QED) is 0.585. The average molecular weight is 438 g/mol. The second-order valence-electron chi connectivity index (χ2n) is 7.28. The van der Waals surface area contributed by atoms with E-state index < -0.39 is 17.8 Å². The van der Waals surface area contributed by atoms with E-state index in [0.717, 1.165) is 16.8 Å². The zero-order chi connectivity index (χ0) is 22.8. The summed E-state index contributed by atoms with van der Waals surface area (Å²) in [5, 5.41) is 9.97. The highest BCUT2D eigenvalue weighted by atomic mass is 19.1. The second kappa shape index (κ2) is 8.70. The minimum atomic E-state index is -0.837. The molecular weight excluding hydrogens is 415 g/mol. The zero-order valence-electron chi connectivity index (χ0n) is 17.9. The van der Waals surface area contributed by atoms with Crippen LogP contribution in [-0.2, 0) is 16.0 Å². The number of hydrogen-bond acceptors (Lipinski definition) is 5. The van der Waals surface area contributed by atoms with E-state index in [-0.39, 0.29) is 18.0 Å². The third-order valence-corrected chi connectivity index (χ3v) is 5.36. The molecule has 166 valence electrons. The fraction of sp³-hybridized carbons (Fsp3) is 0.261. The van der Waals surface area contributed by atoms with Crippen LogP contribution < -0.4 is 20.1 Å². The van der Waals surface area contributed by atoms with Crippen molar-refractivity contribution in [2.45, 2.75) is 25.8 Å². The Labute approximate surface area is 184 Å². The van der Waals surface area contributed by atoms with E-state index in [0.29, 0.717) is 23.7 Å².